The van der Waals surface area contributed by atoms with Crippen LogP contribution in [-0.4, -0.2) is 69.2 Å². The van der Waals surface area contributed by atoms with Crippen LogP contribution in [0.3, 0.4) is 0 Å². The number of aliphatic hydroxyl groups is 2. The topological polar surface area (TPSA) is 153 Å². The van der Waals surface area contributed by atoms with E-state index in [1.54, 1.807) is 0 Å². The van der Waals surface area contributed by atoms with E-state index in [9.17, 15) is 29.7 Å². The molecule has 3 fully saturated rings. The quantitative estimate of drug-likeness (QED) is 0.297. The van der Waals surface area contributed by atoms with Crippen molar-refractivity contribution in [2.24, 2.45) is 23.7 Å². The highest BCUT2D eigenvalue weighted by atomic mass is 16.6. The van der Waals surface area contributed by atoms with Gasteiger partial charge in [-0.05, 0) is 24.3 Å². The highest BCUT2D eigenvalue weighted by molar-refractivity contribution is 5.81. The summed E-state index contributed by atoms with van der Waals surface area (Å²) in [5.74, 6) is -5.18. The molecule has 1 saturated heterocycles. The summed E-state index contributed by atoms with van der Waals surface area (Å²) in [6.45, 7) is 7.83. The van der Waals surface area contributed by atoms with E-state index in [2.05, 4.69) is 18.5 Å². The van der Waals surface area contributed by atoms with E-state index >= 15 is 0 Å². The second-order valence-electron chi connectivity index (χ2n) is 7.87. The fourth-order valence-corrected chi connectivity index (χ4v) is 4.83. The van der Waals surface area contributed by atoms with Crippen LogP contribution in [0.1, 0.15) is 19.3 Å². The van der Waals surface area contributed by atoms with E-state index in [1.165, 1.54) is 0 Å². The maximum atomic E-state index is 12.5. The first kappa shape index (κ1) is 20.5. The maximum Gasteiger partial charge on any atom is 0.321 e. The molecule has 154 valence electrons. The third kappa shape index (κ3) is 3.57. The Morgan fingerprint density at radius 2 is 1.93 bits per heavy atom. The Morgan fingerprint density at radius 1 is 1.25 bits per heavy atom. The Balaban J connectivity index is 1.82. The fraction of sp³-hybridized carbons (Fsp3) is 0.632. The van der Waals surface area contributed by atoms with Crippen molar-refractivity contribution < 1.29 is 39.5 Å². The van der Waals surface area contributed by atoms with E-state index in [1.807, 2.05) is 0 Å². The van der Waals surface area contributed by atoms with Gasteiger partial charge < -0.3 is 30.5 Å². The van der Waals surface area contributed by atoms with Crippen molar-refractivity contribution in [2.75, 3.05) is 6.54 Å². The van der Waals surface area contributed by atoms with Crippen molar-refractivity contribution in [3.63, 3.8) is 0 Å². The number of aliphatic hydroxyl groups excluding tert-OH is 2. The highest BCUT2D eigenvalue weighted by Gasteiger charge is 2.57. The molecule has 9 nitrogen and oxygen atoms in total. The molecule has 0 bridgehead atoms. The number of ether oxygens (including phenoxy) is 1. The highest BCUT2D eigenvalue weighted by Crippen LogP contribution is 2.52. The second kappa shape index (κ2) is 7.65. The van der Waals surface area contributed by atoms with Crippen LogP contribution in [0.5, 0.6) is 0 Å². The molecule has 2 aliphatic carbocycles. The predicted molar refractivity (Wildman–Crippen MR) is 95.0 cm³/mol. The minimum atomic E-state index is -1.36. The summed E-state index contributed by atoms with van der Waals surface area (Å²) in [4.78, 5) is 34.6. The van der Waals surface area contributed by atoms with E-state index in [0.29, 0.717) is 12.0 Å². The molecule has 5 N–H and O–H groups in total. The SMILES string of the molecule is C=C1[C@@H]2[C@H]3OC(=O)[C@@H](CNC(CC(=O)O)C(=O)O)[C@@H]3[C@@H](O)CC(=C)[C@@H]2C[C@@H]1O. The first-order chi connectivity index (χ1) is 13.1. The molecule has 0 aromatic heterocycles. The molecular weight excluding hydrogens is 370 g/mol. The zero-order chi connectivity index (χ0) is 20.7. The van der Waals surface area contributed by atoms with E-state index < -0.39 is 60.5 Å². The number of carbonyl (C=O) groups is 3. The number of hydrogen-bond donors (Lipinski definition) is 5. The van der Waals surface area contributed by atoms with Crippen molar-refractivity contribution in [2.45, 2.75) is 43.6 Å². The van der Waals surface area contributed by atoms with Gasteiger partial charge in [0.2, 0.25) is 0 Å². The molecule has 0 amide bonds. The van der Waals surface area contributed by atoms with Crippen LogP contribution in [0.15, 0.2) is 24.3 Å². The second-order valence-corrected chi connectivity index (χ2v) is 7.87. The molecular formula is C19H25NO8. The van der Waals surface area contributed by atoms with Crippen molar-refractivity contribution in [1.29, 1.82) is 0 Å². The minimum Gasteiger partial charge on any atom is -0.481 e. The van der Waals surface area contributed by atoms with E-state index in [4.69, 9.17) is 9.84 Å². The normalized spacial score (nSPS) is 38.4. The Kier molecular flexibility index (Phi) is 5.60. The standard InChI is InChI=1S/C19H25NO8/c1-7-3-13(22)16-10(6-20-11(18(25)26)5-14(23)24)19(27)28-17(16)15-8(2)12(21)4-9(7)15/h9-13,15-17,20-22H,1-6H2,(H,23,24)(H,25,26)/t9-,10-,11?,12-,13-,15-,16+,17+/m0/s1. The lowest BCUT2D eigenvalue weighted by Crippen LogP contribution is -2.45. The van der Waals surface area contributed by atoms with Crippen molar-refractivity contribution in [3.05, 3.63) is 24.3 Å². The summed E-state index contributed by atoms with van der Waals surface area (Å²) < 4.78 is 5.57. The van der Waals surface area contributed by atoms with Crippen LogP contribution in [0.2, 0.25) is 0 Å². The Morgan fingerprint density at radius 3 is 2.54 bits per heavy atom. The minimum absolute atomic E-state index is 0.139. The number of esters is 1. The van der Waals surface area contributed by atoms with Gasteiger partial charge in [-0.15, -0.1) is 0 Å². The molecule has 1 unspecified atom stereocenters. The molecule has 0 aromatic carbocycles. The molecule has 1 heterocycles. The average molecular weight is 395 g/mol. The maximum absolute atomic E-state index is 12.5. The third-order valence-electron chi connectivity index (χ3n) is 6.22. The lowest BCUT2D eigenvalue weighted by Gasteiger charge is -2.28. The monoisotopic (exact) mass is 395 g/mol. The molecule has 2 saturated carbocycles. The van der Waals surface area contributed by atoms with Gasteiger partial charge in [-0.3, -0.25) is 14.4 Å². The first-order valence-corrected chi connectivity index (χ1v) is 9.22. The first-order valence-electron chi connectivity index (χ1n) is 9.22. The summed E-state index contributed by atoms with van der Waals surface area (Å²) in [5, 5.41) is 41.5. The van der Waals surface area contributed by atoms with Crippen LogP contribution >= 0.6 is 0 Å². The molecule has 3 aliphatic rings. The molecule has 28 heavy (non-hydrogen) atoms. The van der Waals surface area contributed by atoms with Gasteiger partial charge in [-0.2, -0.15) is 0 Å². The zero-order valence-electron chi connectivity index (χ0n) is 15.3. The average Bonchev–Trinajstić information content (AvgIpc) is 3.04. The number of rotatable bonds is 6. The van der Waals surface area contributed by atoms with Crippen LogP contribution in [0, 0.1) is 23.7 Å². The molecule has 0 radical (unpaired) electrons. The van der Waals surface area contributed by atoms with Gasteiger partial charge in [-0.1, -0.05) is 18.7 Å². The van der Waals surface area contributed by atoms with Crippen molar-refractivity contribution >= 4 is 17.9 Å². The number of nitrogens with one attached hydrogen (secondary N) is 1. The van der Waals surface area contributed by atoms with Crippen molar-refractivity contribution in [3.8, 4) is 0 Å². The van der Waals surface area contributed by atoms with Gasteiger partial charge in [0, 0.05) is 18.4 Å². The summed E-state index contributed by atoms with van der Waals surface area (Å²) in [6, 6.07) is -1.36. The summed E-state index contributed by atoms with van der Waals surface area (Å²) in [6.07, 6.45) is -2.32. The summed E-state index contributed by atoms with van der Waals surface area (Å²) in [5.41, 5.74) is 1.31. The number of carbonyl (C=O) groups excluding carboxylic acids is 1. The lowest BCUT2D eigenvalue weighted by atomic mass is 9.78. The molecule has 0 aromatic rings. The Labute approximate surface area is 161 Å². The molecule has 0 spiro atoms. The predicted octanol–water partition coefficient (Wildman–Crippen LogP) is -0.464. The summed E-state index contributed by atoms with van der Waals surface area (Å²) in [7, 11) is 0. The van der Waals surface area contributed by atoms with Crippen LogP contribution in [-0.2, 0) is 19.1 Å². The van der Waals surface area contributed by atoms with Gasteiger partial charge >= 0.3 is 17.9 Å². The van der Waals surface area contributed by atoms with E-state index in [0.717, 1.165) is 5.57 Å². The molecule has 9 heteroatoms. The van der Waals surface area contributed by atoms with Crippen LogP contribution in [0.4, 0.5) is 0 Å². The number of carboxylic acids is 2. The van der Waals surface area contributed by atoms with Gasteiger partial charge in [-0.25, -0.2) is 0 Å². The summed E-state index contributed by atoms with van der Waals surface area (Å²) >= 11 is 0. The number of carboxylic acid groups (broad SMARTS) is 2. The third-order valence-corrected chi connectivity index (χ3v) is 6.22. The van der Waals surface area contributed by atoms with Crippen LogP contribution in [0.25, 0.3) is 0 Å². The fourth-order valence-electron chi connectivity index (χ4n) is 4.83. The number of fused-ring (bicyclic) bond motifs is 3. The van der Waals surface area contributed by atoms with Crippen LogP contribution < -0.4 is 5.32 Å². The Hall–Kier alpha value is -2.23. The van der Waals surface area contributed by atoms with Gasteiger partial charge in [0.25, 0.3) is 0 Å². The van der Waals surface area contributed by atoms with Gasteiger partial charge in [0.1, 0.15) is 12.1 Å². The van der Waals surface area contributed by atoms with Gasteiger partial charge in [0.05, 0.1) is 24.5 Å². The molecule has 1 aliphatic heterocycles. The number of aliphatic carboxylic acids is 2. The molecule has 3 rings (SSSR count). The largest absolute Gasteiger partial charge is 0.481 e. The smallest absolute Gasteiger partial charge is 0.321 e. The van der Waals surface area contributed by atoms with Crippen molar-refractivity contribution in [1.82, 2.24) is 5.32 Å². The van der Waals surface area contributed by atoms with E-state index in [-0.39, 0.29) is 24.8 Å². The van der Waals surface area contributed by atoms with Gasteiger partial charge in [0.15, 0.2) is 0 Å². The lowest BCUT2D eigenvalue weighted by molar-refractivity contribution is -0.147. The zero-order valence-corrected chi connectivity index (χ0v) is 15.3. The Bertz CT molecular complexity index is 719. The number of hydrogen-bond acceptors (Lipinski definition) is 7. The molecule has 8 atom stereocenters.